The number of thiazole rings is 1. The second-order valence-electron chi connectivity index (χ2n) is 7.94. The molecule has 1 unspecified atom stereocenters. The lowest BCUT2D eigenvalue weighted by molar-refractivity contribution is -0.402. The number of fused-ring (bicyclic) bond motifs is 1. The van der Waals surface area contributed by atoms with Crippen molar-refractivity contribution in [3.05, 3.63) is 88.8 Å². The maximum Gasteiger partial charge on any atom is 0.433 e. The van der Waals surface area contributed by atoms with Gasteiger partial charge in [0, 0.05) is 11.6 Å². The van der Waals surface area contributed by atoms with Gasteiger partial charge in [0.15, 0.2) is 4.80 Å². The lowest BCUT2D eigenvalue weighted by Crippen LogP contribution is -2.40. The molecule has 1 aliphatic rings. The molecule has 3 heterocycles. The van der Waals surface area contributed by atoms with E-state index in [2.05, 4.69) is 4.99 Å². The van der Waals surface area contributed by atoms with Gasteiger partial charge in [0.25, 0.3) is 5.56 Å². The number of hydrogen-bond acceptors (Lipinski definition) is 9. The van der Waals surface area contributed by atoms with Crippen molar-refractivity contribution in [1.82, 2.24) is 4.57 Å². The number of esters is 1. The molecule has 0 aliphatic carbocycles. The van der Waals surface area contributed by atoms with Gasteiger partial charge >= 0.3 is 11.9 Å². The van der Waals surface area contributed by atoms with Gasteiger partial charge in [-0.1, -0.05) is 29.5 Å². The van der Waals surface area contributed by atoms with Crippen LogP contribution in [0.2, 0.25) is 0 Å². The third kappa shape index (κ3) is 4.67. The number of benzene rings is 1. The molecule has 0 spiro atoms. The van der Waals surface area contributed by atoms with Gasteiger partial charge in [-0.2, -0.15) is 0 Å². The van der Waals surface area contributed by atoms with Crippen LogP contribution in [-0.4, -0.2) is 28.2 Å². The summed E-state index contributed by atoms with van der Waals surface area (Å²) < 4.78 is 18.2. The molecule has 2 aromatic heterocycles. The van der Waals surface area contributed by atoms with Crippen LogP contribution in [0.1, 0.15) is 45.1 Å². The number of nitrogens with zero attached hydrogens (tertiary/aromatic N) is 3. The Balaban J connectivity index is 1.96. The van der Waals surface area contributed by atoms with Crippen LogP contribution in [0.25, 0.3) is 6.08 Å². The second-order valence-corrected chi connectivity index (χ2v) is 8.95. The number of carbonyl (C=O) groups excluding carboxylic acids is 1. The second kappa shape index (κ2) is 9.71. The summed E-state index contributed by atoms with van der Waals surface area (Å²) in [4.78, 5) is 41.8. The molecule has 0 radical (unpaired) electrons. The van der Waals surface area contributed by atoms with E-state index in [9.17, 15) is 19.7 Å². The molecule has 11 heteroatoms. The molecule has 1 atom stereocenters. The van der Waals surface area contributed by atoms with Crippen molar-refractivity contribution in [3.63, 3.8) is 0 Å². The Hall–Kier alpha value is -3.99. The van der Waals surface area contributed by atoms with Crippen LogP contribution in [0.3, 0.4) is 0 Å². The first-order valence-corrected chi connectivity index (χ1v) is 11.7. The summed E-state index contributed by atoms with van der Waals surface area (Å²) in [5.41, 5.74) is 0.847. The van der Waals surface area contributed by atoms with Crippen LogP contribution in [0.15, 0.2) is 61.9 Å². The highest BCUT2D eigenvalue weighted by Crippen LogP contribution is 2.36. The Labute approximate surface area is 203 Å². The predicted octanol–water partition coefficient (Wildman–Crippen LogP) is 3.09. The van der Waals surface area contributed by atoms with E-state index >= 15 is 0 Å². The molecule has 1 aromatic carbocycles. The Morgan fingerprint density at radius 3 is 2.71 bits per heavy atom. The molecule has 0 amide bonds. The molecule has 35 heavy (non-hydrogen) atoms. The zero-order chi connectivity index (χ0) is 25.3. The first kappa shape index (κ1) is 24.1. The van der Waals surface area contributed by atoms with Crippen molar-refractivity contribution >= 4 is 29.3 Å². The van der Waals surface area contributed by atoms with E-state index in [1.165, 1.54) is 22.8 Å². The predicted molar refractivity (Wildman–Crippen MR) is 128 cm³/mol. The Kier molecular flexibility index (Phi) is 6.70. The SMILES string of the molecule is CCOC(=O)C1=C(C)N=c2s/c(=C/c3ccc([N+](=O)[O-])o3)c(=O)n2C1c1ccccc1OC(C)C. The maximum absolute atomic E-state index is 13.6. The summed E-state index contributed by atoms with van der Waals surface area (Å²) >= 11 is 1.09. The van der Waals surface area contributed by atoms with Crippen molar-refractivity contribution in [2.45, 2.75) is 39.8 Å². The fraction of sp³-hybridized carbons (Fsp3) is 0.292. The van der Waals surface area contributed by atoms with E-state index in [-0.39, 0.29) is 28.6 Å². The minimum absolute atomic E-state index is 0.141. The number of rotatable bonds is 7. The van der Waals surface area contributed by atoms with Gasteiger partial charge < -0.3 is 13.9 Å². The number of ether oxygens (including phenoxy) is 2. The molecular weight excluding hydrogens is 474 g/mol. The van der Waals surface area contributed by atoms with Gasteiger partial charge in [-0.3, -0.25) is 19.5 Å². The van der Waals surface area contributed by atoms with Crippen LogP contribution in [-0.2, 0) is 9.53 Å². The number of hydrogen-bond donors (Lipinski definition) is 0. The minimum atomic E-state index is -0.840. The first-order valence-electron chi connectivity index (χ1n) is 10.9. The monoisotopic (exact) mass is 497 g/mol. The molecule has 0 saturated heterocycles. The van der Waals surface area contributed by atoms with Crippen LogP contribution >= 0.6 is 11.3 Å². The highest BCUT2D eigenvalue weighted by Gasteiger charge is 2.35. The molecule has 182 valence electrons. The molecule has 1 aliphatic heterocycles. The van der Waals surface area contributed by atoms with E-state index in [0.29, 0.717) is 21.8 Å². The molecule has 10 nitrogen and oxygen atoms in total. The van der Waals surface area contributed by atoms with Crippen LogP contribution in [0.5, 0.6) is 5.75 Å². The summed E-state index contributed by atoms with van der Waals surface area (Å²) in [6, 6.07) is 8.99. The fourth-order valence-electron chi connectivity index (χ4n) is 3.80. The number of furan rings is 1. The standard InChI is InChI=1S/C24H23N3O7S/c1-5-32-23(29)20-14(4)25-24-26(21(20)16-8-6-7-9-17(16)33-13(2)3)22(28)18(35-24)12-15-10-11-19(34-15)27(30)31/h6-13,21H,5H2,1-4H3/b18-12+. The Morgan fingerprint density at radius 2 is 2.06 bits per heavy atom. The van der Waals surface area contributed by atoms with Crippen molar-refractivity contribution in [3.8, 4) is 5.75 Å². The third-order valence-electron chi connectivity index (χ3n) is 5.16. The molecule has 0 fully saturated rings. The van der Waals surface area contributed by atoms with Gasteiger partial charge in [-0.15, -0.1) is 0 Å². The van der Waals surface area contributed by atoms with E-state index in [4.69, 9.17) is 13.9 Å². The van der Waals surface area contributed by atoms with Crippen molar-refractivity contribution in [2.75, 3.05) is 6.61 Å². The molecule has 0 bridgehead atoms. The number of allylic oxidation sites excluding steroid dienone is 1. The molecule has 4 rings (SSSR count). The summed E-state index contributed by atoms with van der Waals surface area (Å²) in [5.74, 6) is -0.320. The number of para-hydroxylation sites is 1. The quantitative estimate of drug-likeness (QED) is 0.279. The third-order valence-corrected chi connectivity index (χ3v) is 6.14. The highest BCUT2D eigenvalue weighted by atomic mass is 32.1. The Morgan fingerprint density at radius 1 is 1.31 bits per heavy atom. The number of nitro groups is 1. The van der Waals surface area contributed by atoms with E-state index in [0.717, 1.165) is 11.3 Å². The van der Waals surface area contributed by atoms with Crippen molar-refractivity contribution < 1.29 is 23.6 Å². The zero-order valence-electron chi connectivity index (χ0n) is 19.5. The van der Waals surface area contributed by atoms with E-state index < -0.39 is 28.4 Å². The van der Waals surface area contributed by atoms with Gasteiger partial charge in [-0.05, 0) is 39.8 Å². The van der Waals surface area contributed by atoms with Gasteiger partial charge in [0.2, 0.25) is 0 Å². The fourth-order valence-corrected chi connectivity index (χ4v) is 4.83. The zero-order valence-corrected chi connectivity index (χ0v) is 20.3. The lowest BCUT2D eigenvalue weighted by atomic mass is 9.95. The molecule has 0 saturated carbocycles. The van der Waals surface area contributed by atoms with Crippen molar-refractivity contribution in [2.24, 2.45) is 4.99 Å². The normalized spacial score (nSPS) is 15.7. The summed E-state index contributed by atoms with van der Waals surface area (Å²) in [7, 11) is 0. The number of aromatic nitrogens is 1. The average molecular weight is 498 g/mol. The molecule has 3 aromatic rings. The summed E-state index contributed by atoms with van der Waals surface area (Å²) in [6.45, 7) is 7.33. The molecular formula is C24H23N3O7S. The minimum Gasteiger partial charge on any atom is -0.491 e. The smallest absolute Gasteiger partial charge is 0.433 e. The van der Waals surface area contributed by atoms with Gasteiger partial charge in [0.1, 0.15) is 22.5 Å². The molecule has 0 N–H and O–H groups in total. The van der Waals surface area contributed by atoms with Gasteiger partial charge in [-0.25, -0.2) is 9.79 Å². The topological polar surface area (TPSA) is 126 Å². The lowest BCUT2D eigenvalue weighted by Gasteiger charge is -2.26. The van der Waals surface area contributed by atoms with Crippen molar-refractivity contribution in [1.29, 1.82) is 0 Å². The highest BCUT2D eigenvalue weighted by molar-refractivity contribution is 7.07. The van der Waals surface area contributed by atoms with E-state index in [1.54, 1.807) is 32.0 Å². The average Bonchev–Trinajstić information content (AvgIpc) is 3.38. The van der Waals surface area contributed by atoms with Crippen LogP contribution < -0.4 is 19.6 Å². The van der Waals surface area contributed by atoms with E-state index in [1.807, 2.05) is 19.9 Å². The largest absolute Gasteiger partial charge is 0.491 e. The van der Waals surface area contributed by atoms with Crippen LogP contribution in [0.4, 0.5) is 5.88 Å². The summed E-state index contributed by atoms with van der Waals surface area (Å²) in [5, 5.41) is 10.9. The maximum atomic E-state index is 13.6. The van der Waals surface area contributed by atoms with Crippen LogP contribution in [0, 0.1) is 10.1 Å². The summed E-state index contributed by atoms with van der Waals surface area (Å²) in [6.07, 6.45) is 1.28. The van der Waals surface area contributed by atoms with Gasteiger partial charge in [0.05, 0.1) is 34.6 Å². The first-order chi connectivity index (χ1) is 16.7. The number of carbonyl (C=O) groups is 1. The Bertz CT molecular complexity index is 1510.